The molecule has 0 saturated carbocycles. The van der Waals surface area contributed by atoms with Crippen molar-refractivity contribution in [1.29, 1.82) is 0 Å². The first-order valence-corrected chi connectivity index (χ1v) is 8.15. The van der Waals surface area contributed by atoms with Crippen molar-refractivity contribution in [3.63, 3.8) is 0 Å². The number of thiazole rings is 1. The molecule has 2 aromatic rings. The monoisotopic (exact) mass is 329 g/mol. The summed E-state index contributed by atoms with van der Waals surface area (Å²) in [5.41, 5.74) is -0.859. The van der Waals surface area contributed by atoms with Gasteiger partial charge >= 0.3 is 6.18 Å². The molecule has 0 saturated heterocycles. The standard InChI is InChI=1S/C8H6F3N3S4/c1-2-15-6-13-14-7(18-6)17-5-12-4(3-16-5)8(9,10)11/h3H,2H2,1H3. The van der Waals surface area contributed by atoms with Crippen molar-refractivity contribution in [3.8, 4) is 0 Å². The smallest absolute Gasteiger partial charge is 0.225 e. The van der Waals surface area contributed by atoms with Gasteiger partial charge in [0.25, 0.3) is 0 Å². The molecule has 10 heteroatoms. The SMILES string of the molecule is CCSc1nnc(Sc2nc(C(F)(F)F)cs2)s1. The van der Waals surface area contributed by atoms with Gasteiger partial charge in [0.1, 0.15) is 0 Å². The first-order valence-electron chi connectivity index (χ1n) is 4.66. The minimum Gasteiger partial charge on any atom is -0.225 e. The Kier molecular flexibility index (Phi) is 4.51. The number of hydrogen-bond donors (Lipinski definition) is 0. The maximum atomic E-state index is 12.4. The van der Waals surface area contributed by atoms with Crippen LogP contribution in [0.4, 0.5) is 13.2 Å². The summed E-state index contributed by atoms with van der Waals surface area (Å²) < 4.78 is 38.8. The van der Waals surface area contributed by atoms with Crippen molar-refractivity contribution < 1.29 is 13.2 Å². The average molecular weight is 329 g/mol. The minimum absolute atomic E-state index is 0.325. The number of hydrogen-bond acceptors (Lipinski definition) is 7. The number of halogens is 3. The molecule has 2 rings (SSSR count). The number of aromatic nitrogens is 3. The molecule has 2 aromatic heterocycles. The largest absolute Gasteiger partial charge is 0.434 e. The highest BCUT2D eigenvalue weighted by molar-refractivity contribution is 8.04. The Morgan fingerprint density at radius 1 is 1.22 bits per heavy atom. The second-order valence-electron chi connectivity index (χ2n) is 2.87. The van der Waals surface area contributed by atoms with E-state index >= 15 is 0 Å². The van der Waals surface area contributed by atoms with Gasteiger partial charge in [-0.05, 0) is 17.5 Å². The fourth-order valence-corrected chi connectivity index (χ4v) is 4.87. The van der Waals surface area contributed by atoms with E-state index in [1.165, 1.54) is 11.3 Å². The molecule has 2 heterocycles. The van der Waals surface area contributed by atoms with E-state index in [0.717, 1.165) is 38.6 Å². The van der Waals surface area contributed by atoms with Crippen LogP contribution in [0.2, 0.25) is 0 Å². The molecule has 0 radical (unpaired) electrons. The predicted molar refractivity (Wildman–Crippen MR) is 67.5 cm³/mol. The van der Waals surface area contributed by atoms with Crippen LogP contribution in [0.3, 0.4) is 0 Å². The molecule has 0 aliphatic carbocycles. The second kappa shape index (κ2) is 5.76. The highest BCUT2D eigenvalue weighted by Gasteiger charge is 2.33. The average Bonchev–Trinajstić information content (AvgIpc) is 2.88. The van der Waals surface area contributed by atoms with E-state index in [4.69, 9.17) is 0 Å². The van der Waals surface area contributed by atoms with Crippen LogP contribution >= 0.6 is 46.2 Å². The lowest BCUT2D eigenvalue weighted by molar-refractivity contribution is -0.141. The lowest BCUT2D eigenvalue weighted by Crippen LogP contribution is -2.04. The van der Waals surface area contributed by atoms with Crippen LogP contribution in [0.5, 0.6) is 0 Å². The van der Waals surface area contributed by atoms with Gasteiger partial charge in [-0.1, -0.05) is 30.0 Å². The maximum absolute atomic E-state index is 12.4. The summed E-state index contributed by atoms with van der Waals surface area (Å²) in [6.45, 7) is 2.00. The predicted octanol–water partition coefficient (Wildman–Crippen LogP) is 4.28. The highest BCUT2D eigenvalue weighted by atomic mass is 32.2. The van der Waals surface area contributed by atoms with E-state index in [1.54, 1.807) is 11.8 Å². The number of rotatable bonds is 4. The molecule has 0 aliphatic heterocycles. The molecular weight excluding hydrogens is 323 g/mol. The fourth-order valence-electron chi connectivity index (χ4n) is 0.929. The quantitative estimate of drug-likeness (QED) is 0.783. The third-order valence-corrected chi connectivity index (χ3v) is 5.53. The van der Waals surface area contributed by atoms with E-state index < -0.39 is 11.9 Å². The van der Waals surface area contributed by atoms with Crippen molar-refractivity contribution in [2.75, 3.05) is 5.75 Å². The number of alkyl halides is 3. The molecule has 0 fully saturated rings. The van der Waals surface area contributed by atoms with Crippen molar-refractivity contribution >= 4 is 46.2 Å². The first-order chi connectivity index (χ1) is 8.49. The van der Waals surface area contributed by atoms with Gasteiger partial charge in [-0.15, -0.1) is 21.5 Å². The Hall–Kier alpha value is -0.320. The van der Waals surface area contributed by atoms with E-state index in [0.29, 0.717) is 8.68 Å². The van der Waals surface area contributed by atoms with Gasteiger partial charge in [0, 0.05) is 5.38 Å². The zero-order valence-electron chi connectivity index (χ0n) is 8.89. The Bertz CT molecular complexity index is 522. The molecule has 0 amide bonds. The fraction of sp³-hybridized carbons (Fsp3) is 0.375. The normalized spacial score (nSPS) is 12.0. The highest BCUT2D eigenvalue weighted by Crippen LogP contribution is 2.37. The summed E-state index contributed by atoms with van der Waals surface area (Å²) in [6, 6.07) is 0. The Labute approximate surface area is 117 Å². The van der Waals surface area contributed by atoms with E-state index in [-0.39, 0.29) is 0 Å². The van der Waals surface area contributed by atoms with Gasteiger partial charge in [-0.3, -0.25) is 0 Å². The maximum Gasteiger partial charge on any atom is 0.434 e. The summed E-state index contributed by atoms with van der Waals surface area (Å²) in [6.07, 6.45) is -4.39. The van der Waals surface area contributed by atoms with Gasteiger partial charge < -0.3 is 0 Å². The van der Waals surface area contributed by atoms with Crippen LogP contribution in [0.15, 0.2) is 18.4 Å². The van der Waals surface area contributed by atoms with Crippen LogP contribution in [-0.2, 0) is 6.18 Å². The zero-order valence-corrected chi connectivity index (χ0v) is 12.2. The minimum atomic E-state index is -4.39. The van der Waals surface area contributed by atoms with Gasteiger partial charge in [-0.25, -0.2) is 4.98 Å². The van der Waals surface area contributed by atoms with Crippen LogP contribution in [0.1, 0.15) is 12.6 Å². The lowest BCUT2D eigenvalue weighted by atomic mass is 10.5. The van der Waals surface area contributed by atoms with Gasteiger partial charge in [0.05, 0.1) is 0 Å². The summed E-state index contributed by atoms with van der Waals surface area (Å²) in [4.78, 5) is 3.52. The zero-order chi connectivity index (χ0) is 13.2. The van der Waals surface area contributed by atoms with Crippen molar-refractivity contribution in [1.82, 2.24) is 15.2 Å². The topological polar surface area (TPSA) is 38.7 Å². The summed E-state index contributed by atoms with van der Waals surface area (Å²) >= 11 is 4.98. The molecule has 0 spiro atoms. The molecule has 0 aliphatic rings. The van der Waals surface area contributed by atoms with Crippen molar-refractivity contribution in [2.45, 2.75) is 26.1 Å². The first kappa shape index (κ1) is 14.1. The molecule has 3 nitrogen and oxygen atoms in total. The second-order valence-corrected chi connectivity index (χ2v) is 7.71. The van der Waals surface area contributed by atoms with E-state index in [2.05, 4.69) is 15.2 Å². The molecular formula is C8H6F3N3S4. The van der Waals surface area contributed by atoms with Gasteiger partial charge in [0.2, 0.25) is 0 Å². The number of nitrogens with zero attached hydrogens (tertiary/aromatic N) is 3. The third-order valence-electron chi connectivity index (χ3n) is 1.60. The Morgan fingerprint density at radius 3 is 2.56 bits per heavy atom. The Balaban J connectivity index is 2.06. The Morgan fingerprint density at radius 2 is 1.94 bits per heavy atom. The van der Waals surface area contributed by atoms with Crippen molar-refractivity contribution in [3.05, 3.63) is 11.1 Å². The van der Waals surface area contributed by atoms with Gasteiger partial charge in [-0.2, -0.15) is 13.2 Å². The van der Waals surface area contributed by atoms with Crippen molar-refractivity contribution in [2.24, 2.45) is 0 Å². The third kappa shape index (κ3) is 3.59. The van der Waals surface area contributed by atoms with E-state index in [1.807, 2.05) is 6.92 Å². The molecule has 18 heavy (non-hydrogen) atoms. The van der Waals surface area contributed by atoms with Crippen LogP contribution in [-0.4, -0.2) is 20.9 Å². The number of thioether (sulfide) groups is 1. The van der Waals surface area contributed by atoms with Crippen LogP contribution in [0.25, 0.3) is 0 Å². The summed E-state index contributed by atoms with van der Waals surface area (Å²) in [7, 11) is 0. The lowest BCUT2D eigenvalue weighted by Gasteiger charge is -1.99. The molecule has 0 atom stereocenters. The molecule has 0 aromatic carbocycles. The van der Waals surface area contributed by atoms with Crippen LogP contribution < -0.4 is 0 Å². The van der Waals surface area contributed by atoms with E-state index in [9.17, 15) is 13.2 Å². The molecule has 0 bridgehead atoms. The molecule has 0 N–H and O–H groups in total. The van der Waals surface area contributed by atoms with Gasteiger partial charge in [0.15, 0.2) is 18.7 Å². The van der Waals surface area contributed by atoms with Crippen LogP contribution in [0, 0.1) is 0 Å². The summed E-state index contributed by atoms with van der Waals surface area (Å²) in [5.74, 6) is 0.884. The molecule has 0 unspecified atom stereocenters. The molecule has 98 valence electrons. The summed E-state index contributed by atoms with van der Waals surface area (Å²) in [5, 5.41) is 8.83.